The molecule has 6 nitrogen and oxygen atoms in total. The number of nitrogens with zero attached hydrogens (tertiary/aromatic N) is 3. The van der Waals surface area contributed by atoms with E-state index in [-0.39, 0.29) is 11.9 Å². The van der Waals surface area contributed by atoms with E-state index in [1.807, 2.05) is 36.4 Å². The molecule has 3 unspecified atom stereocenters. The summed E-state index contributed by atoms with van der Waals surface area (Å²) >= 11 is 0. The second-order valence-corrected chi connectivity index (χ2v) is 11.0. The predicted octanol–water partition coefficient (Wildman–Crippen LogP) is 7.02. The van der Waals surface area contributed by atoms with Gasteiger partial charge in [0.25, 0.3) is 0 Å². The summed E-state index contributed by atoms with van der Waals surface area (Å²) in [6.45, 7) is 9.64. The minimum atomic E-state index is -0.337. The summed E-state index contributed by atoms with van der Waals surface area (Å²) in [4.78, 5) is 11.2. The maximum Gasteiger partial charge on any atom is 0.150 e. The fourth-order valence-electron chi connectivity index (χ4n) is 5.77. The summed E-state index contributed by atoms with van der Waals surface area (Å²) in [5, 5.41) is 10.3. The molecule has 1 fully saturated rings. The number of ether oxygens (including phenoxy) is 2. The molecule has 0 saturated carbocycles. The predicted molar refractivity (Wildman–Crippen MR) is 158 cm³/mol. The summed E-state index contributed by atoms with van der Waals surface area (Å²) in [6.07, 6.45) is 6.06. The number of aromatic nitrogens is 2. The molecule has 0 radical (unpaired) electrons. The Kier molecular flexibility index (Phi) is 7.27. The number of phenols is 1. The first-order chi connectivity index (χ1) is 19.5. The molecule has 6 rings (SSSR count). The minimum Gasteiger partial charge on any atom is -0.508 e. The van der Waals surface area contributed by atoms with Crippen LogP contribution < -0.4 is 9.47 Å². The summed E-state index contributed by atoms with van der Waals surface area (Å²) in [5.74, 6) is 2.65. The van der Waals surface area contributed by atoms with E-state index in [1.54, 1.807) is 30.7 Å². The summed E-state index contributed by atoms with van der Waals surface area (Å²) < 4.78 is 12.9. The van der Waals surface area contributed by atoms with Crippen molar-refractivity contribution in [1.82, 2.24) is 14.9 Å². The van der Waals surface area contributed by atoms with Gasteiger partial charge in [0.2, 0.25) is 0 Å². The number of likely N-dealkylation sites (tertiary alicyclic amines) is 1. The van der Waals surface area contributed by atoms with Crippen molar-refractivity contribution in [3.63, 3.8) is 0 Å². The molecule has 1 aromatic heterocycles. The Morgan fingerprint density at radius 2 is 1.90 bits per heavy atom. The first-order valence-electron chi connectivity index (χ1n) is 14.0. The number of benzene rings is 3. The van der Waals surface area contributed by atoms with E-state index in [0.29, 0.717) is 12.6 Å². The molecular weight excluding hydrogens is 498 g/mol. The molecule has 0 spiro atoms. The Morgan fingerprint density at radius 3 is 2.62 bits per heavy atom. The average Bonchev–Trinajstić information content (AvgIpc) is 3.42. The Hall–Kier alpha value is -4.16. The number of allylic oxidation sites excluding steroid dienone is 1. The van der Waals surface area contributed by atoms with Crippen LogP contribution in [-0.2, 0) is 0 Å². The first-order valence-corrected chi connectivity index (χ1v) is 14.0. The third-order valence-electron chi connectivity index (χ3n) is 8.06. The zero-order chi connectivity index (χ0) is 27.6. The van der Waals surface area contributed by atoms with E-state index in [0.717, 1.165) is 69.6 Å². The Morgan fingerprint density at radius 1 is 1.05 bits per heavy atom. The first kappa shape index (κ1) is 26.1. The zero-order valence-electron chi connectivity index (χ0n) is 23.2. The zero-order valence-corrected chi connectivity index (χ0v) is 23.2. The lowest BCUT2D eigenvalue weighted by Crippen LogP contribution is -2.35. The van der Waals surface area contributed by atoms with Gasteiger partial charge < -0.3 is 14.6 Å². The fraction of sp³-hybridized carbons (Fsp3) is 0.294. The molecule has 40 heavy (non-hydrogen) atoms. The van der Waals surface area contributed by atoms with Gasteiger partial charge in [0.1, 0.15) is 30.0 Å². The van der Waals surface area contributed by atoms with Gasteiger partial charge in [-0.25, -0.2) is 0 Å². The van der Waals surface area contributed by atoms with Gasteiger partial charge in [0.05, 0.1) is 11.9 Å². The molecule has 3 aromatic carbocycles. The van der Waals surface area contributed by atoms with Crippen molar-refractivity contribution in [3.05, 3.63) is 102 Å². The van der Waals surface area contributed by atoms with Gasteiger partial charge in [-0.3, -0.25) is 14.9 Å². The van der Waals surface area contributed by atoms with Gasteiger partial charge in [-0.05, 0) is 91.9 Å². The number of hydrogen-bond donors (Lipinski definition) is 1. The molecule has 3 heterocycles. The molecule has 0 bridgehead atoms. The maximum absolute atomic E-state index is 10.3. The van der Waals surface area contributed by atoms with Crippen LogP contribution in [-0.4, -0.2) is 45.7 Å². The number of aromatic hydroxyl groups is 1. The van der Waals surface area contributed by atoms with Gasteiger partial charge in [0.15, 0.2) is 0 Å². The molecule has 1 N–H and O–H groups in total. The molecule has 204 valence electrons. The van der Waals surface area contributed by atoms with Crippen molar-refractivity contribution in [2.24, 2.45) is 5.92 Å². The van der Waals surface area contributed by atoms with E-state index in [2.05, 4.69) is 53.8 Å². The number of fused-ring (bicyclic) bond motifs is 1. The molecule has 6 heteroatoms. The van der Waals surface area contributed by atoms with Crippen LogP contribution in [0.1, 0.15) is 50.0 Å². The lowest BCUT2D eigenvalue weighted by Gasteiger charge is -2.31. The van der Waals surface area contributed by atoms with Crippen molar-refractivity contribution >= 4 is 11.1 Å². The summed E-state index contributed by atoms with van der Waals surface area (Å²) in [6, 6.07) is 22.1. The van der Waals surface area contributed by atoms with Crippen molar-refractivity contribution in [2.45, 2.75) is 39.3 Å². The van der Waals surface area contributed by atoms with Crippen molar-refractivity contribution in [1.29, 1.82) is 0 Å². The third-order valence-corrected chi connectivity index (χ3v) is 8.06. The van der Waals surface area contributed by atoms with Crippen molar-refractivity contribution in [3.8, 4) is 28.5 Å². The topological polar surface area (TPSA) is 67.7 Å². The van der Waals surface area contributed by atoms with Crippen LogP contribution in [0.2, 0.25) is 0 Å². The van der Waals surface area contributed by atoms with Crippen LogP contribution in [0.25, 0.3) is 22.4 Å². The molecule has 0 aliphatic carbocycles. The Labute approximate surface area is 236 Å². The third kappa shape index (κ3) is 5.32. The average molecular weight is 534 g/mol. The summed E-state index contributed by atoms with van der Waals surface area (Å²) in [5.41, 5.74) is 6.85. The molecule has 0 amide bonds. The SMILES string of the molecule is CC1=C(c2cccc(O)c2)C(c2ccc(OCC(C)N3CCC(C)C3)cc2)Oc2ccc(-c3cnccn3)cc21. The molecule has 1 saturated heterocycles. The lowest BCUT2D eigenvalue weighted by molar-refractivity contribution is 0.169. The van der Waals surface area contributed by atoms with Crippen LogP contribution in [0.4, 0.5) is 0 Å². The molecular formula is C34H35N3O3. The van der Waals surface area contributed by atoms with E-state index in [9.17, 15) is 5.11 Å². The van der Waals surface area contributed by atoms with Crippen LogP contribution >= 0.6 is 0 Å². The second-order valence-electron chi connectivity index (χ2n) is 11.0. The molecule has 2 aliphatic heterocycles. The smallest absolute Gasteiger partial charge is 0.150 e. The molecule has 3 atom stereocenters. The van der Waals surface area contributed by atoms with Crippen LogP contribution in [0.5, 0.6) is 17.2 Å². The minimum absolute atomic E-state index is 0.223. The quantitative estimate of drug-likeness (QED) is 0.275. The highest BCUT2D eigenvalue weighted by Gasteiger charge is 2.30. The normalized spacial score (nSPS) is 19.7. The molecule has 2 aliphatic rings. The highest BCUT2D eigenvalue weighted by molar-refractivity contribution is 5.96. The van der Waals surface area contributed by atoms with Gasteiger partial charge >= 0.3 is 0 Å². The van der Waals surface area contributed by atoms with E-state index < -0.39 is 0 Å². The Bertz CT molecular complexity index is 1520. The lowest BCUT2D eigenvalue weighted by atomic mass is 9.85. The van der Waals surface area contributed by atoms with Gasteiger partial charge in [-0.1, -0.05) is 31.2 Å². The van der Waals surface area contributed by atoms with Crippen LogP contribution in [0, 0.1) is 5.92 Å². The molecule has 4 aromatic rings. The van der Waals surface area contributed by atoms with Gasteiger partial charge in [0, 0.05) is 41.7 Å². The van der Waals surface area contributed by atoms with Gasteiger partial charge in [-0.15, -0.1) is 0 Å². The number of rotatable bonds is 7. The largest absolute Gasteiger partial charge is 0.508 e. The van der Waals surface area contributed by atoms with Gasteiger partial charge in [-0.2, -0.15) is 0 Å². The standard InChI is InChI=1S/C34H35N3O3/c1-22-13-16-37(20-22)23(2)21-39-29-10-7-25(8-11-29)34-33(27-5-4-6-28(38)17-27)24(3)30-18-26(9-12-32(30)40-34)31-19-35-14-15-36-31/h4-12,14-15,17-19,22-23,34,38H,13,16,20-21H2,1-3H3. The number of phenolic OH excluding ortho intramolecular Hbond substituents is 1. The fourth-order valence-corrected chi connectivity index (χ4v) is 5.77. The van der Waals surface area contributed by atoms with Crippen molar-refractivity contribution < 1.29 is 14.6 Å². The Balaban J connectivity index is 1.30. The van der Waals surface area contributed by atoms with Crippen LogP contribution in [0.15, 0.2) is 85.3 Å². The highest BCUT2D eigenvalue weighted by Crippen LogP contribution is 2.47. The number of hydrogen-bond acceptors (Lipinski definition) is 6. The second kappa shape index (κ2) is 11.1. The van der Waals surface area contributed by atoms with E-state index in [1.165, 1.54) is 6.42 Å². The van der Waals surface area contributed by atoms with E-state index in [4.69, 9.17) is 9.47 Å². The van der Waals surface area contributed by atoms with Crippen LogP contribution in [0.3, 0.4) is 0 Å². The summed E-state index contributed by atoms with van der Waals surface area (Å²) in [7, 11) is 0. The monoisotopic (exact) mass is 533 g/mol. The maximum atomic E-state index is 10.3. The highest BCUT2D eigenvalue weighted by atomic mass is 16.5. The van der Waals surface area contributed by atoms with E-state index >= 15 is 0 Å². The van der Waals surface area contributed by atoms with Crippen molar-refractivity contribution in [2.75, 3.05) is 19.7 Å².